The molecule has 0 aliphatic rings. The van der Waals surface area contributed by atoms with Gasteiger partial charge in [-0.25, -0.2) is 4.98 Å². The largest absolute Gasteiger partial charge is 0.291 e. The molecule has 0 N–H and O–H groups in total. The van der Waals surface area contributed by atoms with E-state index in [1.54, 1.807) is 13.0 Å². The molecule has 82 valence electrons. The van der Waals surface area contributed by atoms with Crippen molar-refractivity contribution in [2.75, 3.05) is 0 Å². The van der Waals surface area contributed by atoms with Crippen molar-refractivity contribution in [3.05, 3.63) is 50.8 Å². The van der Waals surface area contributed by atoms with Crippen LogP contribution in [-0.4, -0.2) is 15.3 Å². The van der Waals surface area contributed by atoms with Crippen LogP contribution in [0.25, 0.3) is 0 Å². The fourth-order valence-corrected chi connectivity index (χ4v) is 1.96. The van der Waals surface area contributed by atoms with Gasteiger partial charge in [-0.1, -0.05) is 6.07 Å². The second kappa shape index (κ2) is 4.40. The van der Waals surface area contributed by atoms with Gasteiger partial charge in [-0.2, -0.15) is 0 Å². The summed E-state index contributed by atoms with van der Waals surface area (Å²) in [5.41, 5.74) is 0.460. The van der Waals surface area contributed by atoms with Gasteiger partial charge in [0.1, 0.15) is 0 Å². The van der Waals surface area contributed by atoms with E-state index in [1.807, 2.05) is 11.4 Å². The first kappa shape index (κ1) is 10.8. The minimum atomic E-state index is -0.197. The van der Waals surface area contributed by atoms with E-state index in [-0.39, 0.29) is 17.9 Å². The fourth-order valence-electron chi connectivity index (χ4n) is 1.31. The molecule has 16 heavy (non-hydrogen) atoms. The minimum absolute atomic E-state index is 0.0482. The SMILES string of the molecule is Cc1cc(=O)n(CC(=O)c2cccs2)cn1. The van der Waals surface area contributed by atoms with Crippen LogP contribution in [0.5, 0.6) is 0 Å². The topological polar surface area (TPSA) is 52.0 Å². The Labute approximate surface area is 96.2 Å². The van der Waals surface area contributed by atoms with Crippen LogP contribution in [0.15, 0.2) is 34.7 Å². The van der Waals surface area contributed by atoms with E-state index in [1.165, 1.54) is 28.3 Å². The molecule has 5 heteroatoms. The van der Waals surface area contributed by atoms with Crippen LogP contribution in [-0.2, 0) is 6.54 Å². The van der Waals surface area contributed by atoms with Crippen LogP contribution in [0.2, 0.25) is 0 Å². The molecule has 0 bridgehead atoms. The van der Waals surface area contributed by atoms with Crippen molar-refractivity contribution >= 4 is 17.1 Å². The number of carbonyl (C=O) groups excluding carboxylic acids is 1. The van der Waals surface area contributed by atoms with Gasteiger partial charge in [-0.15, -0.1) is 11.3 Å². The summed E-state index contributed by atoms with van der Waals surface area (Å²) in [6.07, 6.45) is 1.41. The zero-order chi connectivity index (χ0) is 11.5. The van der Waals surface area contributed by atoms with Crippen molar-refractivity contribution in [1.82, 2.24) is 9.55 Å². The number of aromatic nitrogens is 2. The highest BCUT2D eigenvalue weighted by Crippen LogP contribution is 2.09. The van der Waals surface area contributed by atoms with Gasteiger partial charge in [0.2, 0.25) is 0 Å². The predicted octanol–water partition coefficient (Wildman–Crippen LogP) is 1.50. The summed E-state index contributed by atoms with van der Waals surface area (Å²) in [6.45, 7) is 1.79. The molecule has 2 rings (SSSR count). The van der Waals surface area contributed by atoms with E-state index in [0.717, 1.165) is 0 Å². The maximum Gasteiger partial charge on any atom is 0.253 e. The van der Waals surface area contributed by atoms with Crippen molar-refractivity contribution in [3.8, 4) is 0 Å². The fraction of sp³-hybridized carbons (Fsp3) is 0.182. The van der Waals surface area contributed by atoms with Gasteiger partial charge in [0.15, 0.2) is 5.78 Å². The van der Waals surface area contributed by atoms with Gasteiger partial charge in [-0.3, -0.25) is 14.2 Å². The van der Waals surface area contributed by atoms with Gasteiger partial charge < -0.3 is 0 Å². The Balaban J connectivity index is 2.22. The summed E-state index contributed by atoms with van der Waals surface area (Å²) in [5.74, 6) is -0.0669. The summed E-state index contributed by atoms with van der Waals surface area (Å²) in [4.78, 5) is 27.9. The van der Waals surface area contributed by atoms with E-state index in [4.69, 9.17) is 0 Å². The summed E-state index contributed by atoms with van der Waals surface area (Å²) in [5, 5.41) is 1.84. The quantitative estimate of drug-likeness (QED) is 0.756. The zero-order valence-electron chi connectivity index (χ0n) is 8.71. The van der Waals surface area contributed by atoms with Gasteiger partial charge in [0.25, 0.3) is 5.56 Å². The molecule has 0 saturated carbocycles. The Hall–Kier alpha value is -1.75. The molecular weight excluding hydrogens is 224 g/mol. The monoisotopic (exact) mass is 234 g/mol. The van der Waals surface area contributed by atoms with Gasteiger partial charge >= 0.3 is 0 Å². The Morgan fingerprint density at radius 3 is 3.00 bits per heavy atom. The van der Waals surface area contributed by atoms with E-state index >= 15 is 0 Å². The number of nitrogens with zero attached hydrogens (tertiary/aromatic N) is 2. The molecule has 2 aromatic heterocycles. The van der Waals surface area contributed by atoms with Crippen LogP contribution in [0, 0.1) is 6.92 Å². The standard InChI is InChI=1S/C11H10N2O2S/c1-8-5-11(15)13(7-12-8)6-9(14)10-3-2-4-16-10/h2-5,7H,6H2,1H3. The third-order valence-corrected chi connectivity index (χ3v) is 3.04. The highest BCUT2D eigenvalue weighted by Gasteiger charge is 2.08. The number of thiophene rings is 1. The smallest absolute Gasteiger partial charge is 0.253 e. The second-order valence-corrected chi connectivity index (χ2v) is 4.34. The molecule has 0 amide bonds. The molecule has 2 aromatic rings. The lowest BCUT2D eigenvalue weighted by molar-refractivity contribution is 0.0974. The predicted molar refractivity (Wildman–Crippen MR) is 61.9 cm³/mol. The number of aryl methyl sites for hydroxylation is 1. The Bertz CT molecular complexity index is 558. The lowest BCUT2D eigenvalue weighted by atomic mass is 10.3. The Morgan fingerprint density at radius 2 is 2.38 bits per heavy atom. The Kier molecular flexibility index (Phi) is 2.96. The molecule has 0 spiro atoms. The number of hydrogen-bond acceptors (Lipinski definition) is 4. The number of carbonyl (C=O) groups is 1. The zero-order valence-corrected chi connectivity index (χ0v) is 9.53. The van der Waals surface area contributed by atoms with Crippen molar-refractivity contribution in [2.24, 2.45) is 0 Å². The molecule has 0 fully saturated rings. The van der Waals surface area contributed by atoms with Crippen molar-refractivity contribution in [2.45, 2.75) is 13.5 Å². The molecule has 0 atom stereocenters. The van der Waals surface area contributed by atoms with Crippen LogP contribution in [0.1, 0.15) is 15.4 Å². The minimum Gasteiger partial charge on any atom is -0.291 e. The molecular formula is C11H10N2O2S. The van der Waals surface area contributed by atoms with Crippen molar-refractivity contribution < 1.29 is 4.79 Å². The maximum absolute atomic E-state index is 11.7. The van der Waals surface area contributed by atoms with E-state index < -0.39 is 0 Å². The van der Waals surface area contributed by atoms with Gasteiger partial charge in [0, 0.05) is 11.8 Å². The van der Waals surface area contributed by atoms with Crippen LogP contribution in [0.4, 0.5) is 0 Å². The maximum atomic E-state index is 11.7. The highest BCUT2D eigenvalue weighted by molar-refractivity contribution is 7.12. The Morgan fingerprint density at radius 1 is 1.56 bits per heavy atom. The molecule has 0 aliphatic heterocycles. The average molecular weight is 234 g/mol. The summed E-state index contributed by atoms with van der Waals surface area (Å²) >= 11 is 1.37. The number of Topliss-reactive ketones (excluding diaryl/α,β-unsaturated/α-hetero) is 1. The van der Waals surface area contributed by atoms with Gasteiger partial charge in [-0.05, 0) is 18.4 Å². The summed E-state index contributed by atoms with van der Waals surface area (Å²) in [6, 6.07) is 4.98. The molecule has 0 radical (unpaired) electrons. The number of hydrogen-bond donors (Lipinski definition) is 0. The summed E-state index contributed by atoms with van der Waals surface area (Å²) in [7, 11) is 0. The van der Waals surface area contributed by atoms with Crippen molar-refractivity contribution in [3.63, 3.8) is 0 Å². The molecule has 2 heterocycles. The van der Waals surface area contributed by atoms with Crippen LogP contribution >= 0.6 is 11.3 Å². The lowest BCUT2D eigenvalue weighted by Gasteiger charge is -2.02. The van der Waals surface area contributed by atoms with E-state index in [9.17, 15) is 9.59 Å². The molecule has 0 aromatic carbocycles. The van der Waals surface area contributed by atoms with Gasteiger partial charge in [0.05, 0.1) is 17.7 Å². The third kappa shape index (κ3) is 2.25. The third-order valence-electron chi connectivity index (χ3n) is 2.13. The molecule has 0 unspecified atom stereocenters. The average Bonchev–Trinajstić information content (AvgIpc) is 2.75. The van der Waals surface area contributed by atoms with Crippen LogP contribution in [0.3, 0.4) is 0 Å². The second-order valence-electron chi connectivity index (χ2n) is 3.40. The van der Waals surface area contributed by atoms with E-state index in [0.29, 0.717) is 10.6 Å². The molecule has 4 nitrogen and oxygen atoms in total. The number of rotatable bonds is 3. The normalized spacial score (nSPS) is 10.3. The lowest BCUT2D eigenvalue weighted by Crippen LogP contribution is -2.23. The van der Waals surface area contributed by atoms with Crippen molar-refractivity contribution in [1.29, 1.82) is 0 Å². The molecule has 0 aliphatic carbocycles. The first-order chi connectivity index (χ1) is 7.66. The summed E-state index contributed by atoms with van der Waals surface area (Å²) < 4.78 is 1.31. The van der Waals surface area contributed by atoms with Crippen LogP contribution < -0.4 is 5.56 Å². The molecule has 0 saturated heterocycles. The van der Waals surface area contributed by atoms with E-state index in [2.05, 4.69) is 4.98 Å². The first-order valence-electron chi connectivity index (χ1n) is 4.76. The first-order valence-corrected chi connectivity index (χ1v) is 5.64. The number of ketones is 1. The highest BCUT2D eigenvalue weighted by atomic mass is 32.1.